The number of ether oxygens (including phenoxy) is 2. The molecule has 0 amide bonds. The number of carbonyl (C=O) groups excluding carboxylic acids is 1. The standard InChI is InChI=1S/C45H50N5O9PS/c1-43(2,30-56-45(32-18-10-5-11-19-32,33-20-12-6-13-21-33)34-22-14-7-15-23-34)41(53)61-27-26-57-60(55,47-28-31-16-8-4-9-17-31)58-29-36-37(51)44(3,54)40(59-36)50-25-24-35-38(50)48-42(46)49-39(35)52/h4-25,36-37,40,51,54H,26-30H2,1-3H3,(H,47,55)(H3,46,48,49,52)/t36-,37?,40-,44+,60?/m1/s1. The van der Waals surface area contributed by atoms with E-state index in [2.05, 4.69) is 15.1 Å². The summed E-state index contributed by atoms with van der Waals surface area (Å²) >= 11 is 1.03. The van der Waals surface area contributed by atoms with Gasteiger partial charge in [-0.3, -0.25) is 23.6 Å². The van der Waals surface area contributed by atoms with Gasteiger partial charge in [0.2, 0.25) is 5.95 Å². The molecule has 1 saturated heterocycles. The lowest BCUT2D eigenvalue weighted by Gasteiger charge is -2.38. The summed E-state index contributed by atoms with van der Waals surface area (Å²) in [5.74, 6) is 0.00476. The summed E-state index contributed by atoms with van der Waals surface area (Å²) in [6, 6.07) is 40.5. The molecule has 0 bridgehead atoms. The number of aliphatic hydroxyl groups is 2. The van der Waals surface area contributed by atoms with Crippen molar-refractivity contribution in [3.8, 4) is 0 Å². The second-order valence-corrected chi connectivity index (χ2v) is 18.5. The zero-order valence-electron chi connectivity index (χ0n) is 34.0. The molecule has 2 aromatic heterocycles. The van der Waals surface area contributed by atoms with Gasteiger partial charge in [0.15, 0.2) is 17.0 Å². The van der Waals surface area contributed by atoms with Crippen LogP contribution >= 0.6 is 19.5 Å². The van der Waals surface area contributed by atoms with E-state index in [1.54, 1.807) is 0 Å². The zero-order chi connectivity index (χ0) is 43.3. The van der Waals surface area contributed by atoms with Crippen LogP contribution in [-0.4, -0.2) is 73.2 Å². The van der Waals surface area contributed by atoms with Gasteiger partial charge in [0, 0.05) is 18.5 Å². The number of nitrogen functional groups attached to an aromatic ring is 1. The van der Waals surface area contributed by atoms with Crippen LogP contribution < -0.4 is 16.4 Å². The van der Waals surface area contributed by atoms with Gasteiger partial charge in [-0.1, -0.05) is 133 Å². The van der Waals surface area contributed by atoms with E-state index in [-0.39, 0.29) is 47.6 Å². The Kier molecular flexibility index (Phi) is 13.4. The molecule has 61 heavy (non-hydrogen) atoms. The molecule has 4 aromatic carbocycles. The van der Waals surface area contributed by atoms with Crippen LogP contribution in [0.4, 0.5) is 5.95 Å². The third kappa shape index (κ3) is 9.61. The second-order valence-electron chi connectivity index (χ2n) is 15.6. The number of carbonyl (C=O) groups is 1. The molecule has 1 aliphatic rings. The van der Waals surface area contributed by atoms with Gasteiger partial charge in [-0.25, -0.2) is 9.65 Å². The number of benzene rings is 4. The number of hydrogen-bond donors (Lipinski definition) is 5. The highest BCUT2D eigenvalue weighted by molar-refractivity contribution is 8.13. The highest BCUT2D eigenvalue weighted by atomic mass is 32.2. The molecule has 14 nitrogen and oxygen atoms in total. The Balaban J connectivity index is 1.02. The van der Waals surface area contributed by atoms with Crippen LogP contribution in [0.2, 0.25) is 0 Å². The molecule has 1 aliphatic heterocycles. The lowest BCUT2D eigenvalue weighted by molar-refractivity contribution is -0.124. The number of aromatic nitrogens is 3. The Bertz CT molecular complexity index is 2410. The van der Waals surface area contributed by atoms with Gasteiger partial charge in [-0.05, 0) is 49.1 Å². The molecule has 0 spiro atoms. The van der Waals surface area contributed by atoms with Crippen molar-refractivity contribution < 1.29 is 38.1 Å². The number of aliphatic hydroxyl groups excluding tert-OH is 1. The zero-order valence-corrected chi connectivity index (χ0v) is 35.8. The van der Waals surface area contributed by atoms with Gasteiger partial charge in [-0.2, -0.15) is 4.98 Å². The maximum Gasteiger partial charge on any atom is 0.405 e. The van der Waals surface area contributed by atoms with E-state index >= 15 is 0 Å². The summed E-state index contributed by atoms with van der Waals surface area (Å²) in [4.78, 5) is 33.0. The fraction of sp³-hybridized carbons (Fsp3) is 0.311. The fourth-order valence-corrected chi connectivity index (χ4v) is 9.55. The van der Waals surface area contributed by atoms with Crippen LogP contribution in [-0.2, 0) is 40.0 Å². The Labute approximate surface area is 358 Å². The van der Waals surface area contributed by atoms with Crippen LogP contribution in [0, 0.1) is 5.41 Å². The number of H-pyrrole nitrogens is 1. The molecule has 1 fully saturated rings. The molecule has 0 saturated carbocycles. The second kappa shape index (κ2) is 18.6. The number of nitrogens with one attached hydrogen (secondary N) is 2. The van der Waals surface area contributed by atoms with Gasteiger partial charge >= 0.3 is 7.75 Å². The number of nitrogens with zero attached hydrogens (tertiary/aromatic N) is 2. The minimum absolute atomic E-state index is 0.0752. The molecule has 7 rings (SSSR count). The summed E-state index contributed by atoms with van der Waals surface area (Å²) in [5.41, 5.74) is 5.16. The molecule has 2 unspecified atom stereocenters. The van der Waals surface area contributed by atoms with E-state index in [9.17, 15) is 24.4 Å². The van der Waals surface area contributed by atoms with Crippen molar-refractivity contribution in [3.63, 3.8) is 0 Å². The molecule has 6 N–H and O–H groups in total. The minimum Gasteiger partial charge on any atom is -0.387 e. The van der Waals surface area contributed by atoms with Crippen LogP contribution in [0.15, 0.2) is 138 Å². The Hall–Kier alpha value is -4.93. The normalized spacial score (nSPS) is 20.4. The topological polar surface area (TPSA) is 200 Å². The van der Waals surface area contributed by atoms with Crippen LogP contribution in [0.25, 0.3) is 11.0 Å². The van der Waals surface area contributed by atoms with E-state index in [0.29, 0.717) is 0 Å². The average Bonchev–Trinajstić information content (AvgIpc) is 3.79. The number of hydrogen-bond acceptors (Lipinski definition) is 12. The number of aromatic amines is 1. The summed E-state index contributed by atoms with van der Waals surface area (Å²) in [6.07, 6.45) is -2.42. The highest BCUT2D eigenvalue weighted by Crippen LogP contribution is 2.47. The van der Waals surface area contributed by atoms with Crippen LogP contribution in [0.5, 0.6) is 0 Å². The lowest BCUT2D eigenvalue weighted by Crippen LogP contribution is -2.44. The molecule has 320 valence electrons. The van der Waals surface area contributed by atoms with Crippen LogP contribution in [0.3, 0.4) is 0 Å². The molecule has 0 aliphatic carbocycles. The maximum absolute atomic E-state index is 14.3. The third-order valence-electron chi connectivity index (χ3n) is 10.7. The highest BCUT2D eigenvalue weighted by Gasteiger charge is 2.54. The van der Waals surface area contributed by atoms with Gasteiger partial charge in [0.1, 0.15) is 23.4 Å². The Morgan fingerprint density at radius 2 is 1.49 bits per heavy atom. The minimum atomic E-state index is -4.13. The largest absolute Gasteiger partial charge is 0.405 e. The molecule has 5 atom stereocenters. The van der Waals surface area contributed by atoms with E-state index in [1.807, 2.05) is 135 Å². The monoisotopic (exact) mass is 867 g/mol. The smallest absolute Gasteiger partial charge is 0.387 e. The van der Waals surface area contributed by atoms with Gasteiger partial charge < -0.3 is 30.0 Å². The summed E-state index contributed by atoms with van der Waals surface area (Å²) in [7, 11) is -4.13. The SMILES string of the molecule is CC(C)(COC(c1ccccc1)(c1ccccc1)c1ccccc1)C(=O)SCCOP(=O)(NCc1ccccc1)OC[C@H]1O[C@@H](n2ccc3c(=O)[nH]c(N)nc32)[C@@](C)(O)C1O. The van der Waals surface area contributed by atoms with Crippen molar-refractivity contribution in [2.45, 2.75) is 57.0 Å². The first kappa shape index (κ1) is 44.1. The third-order valence-corrected chi connectivity index (χ3v) is 13.4. The Morgan fingerprint density at radius 1 is 0.934 bits per heavy atom. The first-order valence-corrected chi connectivity index (χ1v) is 22.3. The van der Waals surface area contributed by atoms with E-state index in [0.717, 1.165) is 34.0 Å². The molecular formula is C45H50N5O9PS. The number of thioether (sulfide) groups is 1. The van der Waals surface area contributed by atoms with Gasteiger partial charge in [0.05, 0.1) is 30.6 Å². The number of fused-ring (bicyclic) bond motifs is 1. The van der Waals surface area contributed by atoms with Gasteiger partial charge in [-0.15, -0.1) is 0 Å². The van der Waals surface area contributed by atoms with E-state index in [4.69, 9.17) is 24.3 Å². The molecule has 6 aromatic rings. The van der Waals surface area contributed by atoms with Crippen molar-refractivity contribution in [2.24, 2.45) is 5.41 Å². The number of rotatable bonds is 18. The van der Waals surface area contributed by atoms with E-state index in [1.165, 1.54) is 23.8 Å². The molecule has 0 radical (unpaired) electrons. The molecule has 16 heteroatoms. The van der Waals surface area contributed by atoms with Crippen molar-refractivity contribution in [3.05, 3.63) is 166 Å². The number of anilines is 1. The quantitative estimate of drug-likeness (QED) is 0.0355. The first-order chi connectivity index (χ1) is 29.2. The van der Waals surface area contributed by atoms with Crippen molar-refractivity contribution in [1.29, 1.82) is 0 Å². The maximum atomic E-state index is 14.3. The number of nitrogens with two attached hydrogens (primary N) is 1. The first-order valence-electron chi connectivity index (χ1n) is 19.8. The summed E-state index contributed by atoms with van der Waals surface area (Å²) in [6.45, 7) is 4.64. The summed E-state index contributed by atoms with van der Waals surface area (Å²) in [5, 5.41) is 25.6. The fourth-order valence-electron chi connectivity index (χ4n) is 7.31. The average molecular weight is 868 g/mol. The predicted molar refractivity (Wildman–Crippen MR) is 235 cm³/mol. The van der Waals surface area contributed by atoms with E-state index < -0.39 is 55.0 Å². The molecule has 3 heterocycles. The van der Waals surface area contributed by atoms with Crippen molar-refractivity contribution in [2.75, 3.05) is 31.3 Å². The van der Waals surface area contributed by atoms with Crippen molar-refractivity contribution in [1.82, 2.24) is 19.6 Å². The lowest BCUT2D eigenvalue weighted by atomic mass is 9.79. The summed E-state index contributed by atoms with van der Waals surface area (Å²) < 4.78 is 40.5. The molecular weight excluding hydrogens is 818 g/mol. The predicted octanol–water partition coefficient (Wildman–Crippen LogP) is 6.54. The van der Waals surface area contributed by atoms with Crippen LogP contribution in [0.1, 0.15) is 49.3 Å². The van der Waals surface area contributed by atoms with Crippen molar-refractivity contribution >= 4 is 41.6 Å². The Morgan fingerprint density at radius 3 is 2.07 bits per heavy atom. The van der Waals surface area contributed by atoms with Gasteiger partial charge in [0.25, 0.3) is 5.56 Å².